The first-order valence-corrected chi connectivity index (χ1v) is 29.4. The number of allylic oxidation sites excluding steroid dienone is 1. The number of amides is 2. The van der Waals surface area contributed by atoms with E-state index in [2.05, 4.69) is 31.8 Å². The zero-order valence-electron chi connectivity index (χ0n) is 46.5. The number of non-ortho nitro benzene ring substituents is 1. The minimum Gasteiger partial charge on any atom is -0.459 e. The minimum absolute atomic E-state index is 0.0151. The highest BCUT2D eigenvalue weighted by atomic mass is 16.7. The second-order valence-electron chi connectivity index (χ2n) is 21.4. The summed E-state index contributed by atoms with van der Waals surface area (Å²) in [5, 5.41) is 39.3. The van der Waals surface area contributed by atoms with Crippen LogP contribution < -0.4 is 14.8 Å². The molecule has 2 aromatic carbocycles. The smallest absolute Gasteiger partial charge is 0.412 e. The molecule has 15 heteroatoms. The molecular weight excluding hydrogens is 965 g/mol. The summed E-state index contributed by atoms with van der Waals surface area (Å²) in [4.78, 5) is 46.5. The number of aliphatic hydroxyl groups excluding tert-OH is 2. The number of nitro benzene ring substituents is 1. The summed E-state index contributed by atoms with van der Waals surface area (Å²) in [7, 11) is 1.72. The van der Waals surface area contributed by atoms with E-state index in [1.165, 1.54) is 102 Å². The van der Waals surface area contributed by atoms with Crippen molar-refractivity contribution in [1.29, 1.82) is 0 Å². The van der Waals surface area contributed by atoms with Crippen molar-refractivity contribution < 1.29 is 48.5 Å². The van der Waals surface area contributed by atoms with Gasteiger partial charge in [-0.15, -0.1) is 6.58 Å². The lowest BCUT2D eigenvalue weighted by atomic mass is 9.55. The number of carbonyl (C=O) groups is 2. The van der Waals surface area contributed by atoms with E-state index >= 15 is 0 Å². The predicted octanol–water partition coefficient (Wildman–Crippen LogP) is 14.4. The van der Waals surface area contributed by atoms with Gasteiger partial charge in [0.15, 0.2) is 0 Å². The van der Waals surface area contributed by atoms with Crippen molar-refractivity contribution in [3.05, 3.63) is 88.0 Å². The van der Waals surface area contributed by atoms with Gasteiger partial charge in [-0.1, -0.05) is 160 Å². The average molecular weight is 1060 g/mol. The molecule has 1 saturated carbocycles. The normalized spacial score (nSPS) is 20.9. The second kappa shape index (κ2) is 34.7. The van der Waals surface area contributed by atoms with Crippen LogP contribution in [0, 0.1) is 27.9 Å². The maximum absolute atomic E-state index is 14.4. The quantitative estimate of drug-likeness (QED) is 0.0250. The highest BCUT2D eigenvalue weighted by molar-refractivity contribution is 6.03. The van der Waals surface area contributed by atoms with Gasteiger partial charge in [0.25, 0.3) is 5.69 Å². The molecule has 2 amide bonds. The van der Waals surface area contributed by atoms with Crippen LogP contribution >= 0.6 is 0 Å². The molecular formula is C61H94N4O11. The topological polar surface area (TPSA) is 192 Å². The Kier molecular flexibility index (Phi) is 28.3. The number of ether oxygens (including phenoxy) is 4. The number of hydrogen-bond donors (Lipinski definition) is 3. The van der Waals surface area contributed by atoms with Crippen LogP contribution in [0.5, 0.6) is 11.5 Å². The molecule has 0 spiro atoms. The van der Waals surface area contributed by atoms with E-state index in [0.29, 0.717) is 42.2 Å². The van der Waals surface area contributed by atoms with Crippen molar-refractivity contribution in [3.8, 4) is 11.5 Å². The second-order valence-corrected chi connectivity index (χ2v) is 21.4. The van der Waals surface area contributed by atoms with Gasteiger partial charge in [0, 0.05) is 56.8 Å². The Bertz CT molecular complexity index is 2100. The number of fused-ring (bicyclic) bond motifs is 2. The Morgan fingerprint density at radius 2 is 1.43 bits per heavy atom. The van der Waals surface area contributed by atoms with Crippen LogP contribution in [0.15, 0.2) is 71.9 Å². The number of aliphatic hydroxyl groups is 2. The SMILES string of the molecule is C=CCOC12Oc3ccc(OC(=O)NCCCCCCCCCCCC)cc3C3C(CCCCO)C(CCCCO)C=C(C(=NOCc4ccc([N+](=O)[O-])cc4)CC1N(C)C(=O)OCCCCCCCCCCCC)C32. The Balaban J connectivity index is 1.47. The molecule has 6 atom stereocenters. The number of benzene rings is 2. The van der Waals surface area contributed by atoms with Crippen molar-refractivity contribution >= 4 is 23.6 Å². The Labute approximate surface area is 454 Å². The van der Waals surface area contributed by atoms with E-state index in [1.807, 2.05) is 12.1 Å². The summed E-state index contributed by atoms with van der Waals surface area (Å²) >= 11 is 0. The van der Waals surface area contributed by atoms with Gasteiger partial charge in [-0.25, -0.2) is 9.59 Å². The molecule has 0 radical (unpaired) electrons. The summed E-state index contributed by atoms with van der Waals surface area (Å²) in [5.41, 5.74) is 2.93. The third-order valence-electron chi connectivity index (χ3n) is 15.7. The van der Waals surface area contributed by atoms with Crippen LogP contribution in [0.4, 0.5) is 15.3 Å². The van der Waals surface area contributed by atoms with Crippen LogP contribution in [-0.2, 0) is 20.9 Å². The lowest BCUT2D eigenvalue weighted by Gasteiger charge is -2.59. The fourth-order valence-corrected chi connectivity index (χ4v) is 11.6. The Morgan fingerprint density at radius 1 is 0.829 bits per heavy atom. The molecule has 3 N–H and O–H groups in total. The molecule has 2 aromatic rings. The number of oxime groups is 1. The van der Waals surface area contributed by atoms with Gasteiger partial charge in [-0.2, -0.15) is 0 Å². The average Bonchev–Trinajstić information content (AvgIpc) is 3.54. The van der Waals surface area contributed by atoms with Gasteiger partial charge in [0.2, 0.25) is 5.79 Å². The summed E-state index contributed by atoms with van der Waals surface area (Å²) in [6.45, 7) is 9.53. The minimum atomic E-state index is -1.49. The molecule has 0 aromatic heterocycles. The summed E-state index contributed by atoms with van der Waals surface area (Å²) in [6, 6.07) is 10.8. The number of unbranched alkanes of at least 4 members (excludes halogenated alkanes) is 20. The molecule has 1 aliphatic heterocycles. The van der Waals surface area contributed by atoms with Crippen LogP contribution in [0.25, 0.3) is 0 Å². The molecule has 424 valence electrons. The van der Waals surface area contributed by atoms with E-state index in [4.69, 9.17) is 28.9 Å². The number of carbonyl (C=O) groups excluding carboxylic acids is 2. The van der Waals surface area contributed by atoms with Gasteiger partial charge in [0.05, 0.1) is 29.8 Å². The van der Waals surface area contributed by atoms with E-state index in [9.17, 15) is 29.9 Å². The van der Waals surface area contributed by atoms with Gasteiger partial charge in [-0.05, 0) is 91.8 Å². The maximum Gasteiger partial charge on any atom is 0.412 e. The van der Waals surface area contributed by atoms with Crippen molar-refractivity contribution in [2.45, 2.75) is 212 Å². The van der Waals surface area contributed by atoms with E-state index in [0.717, 1.165) is 75.3 Å². The molecule has 1 fully saturated rings. The van der Waals surface area contributed by atoms with Crippen molar-refractivity contribution in [2.75, 3.05) is 40.0 Å². The molecule has 1 heterocycles. The number of likely N-dealkylation sites (N-methyl/N-ethyl adjacent to an activating group) is 1. The molecule has 0 bridgehead atoms. The number of nitro groups is 1. The van der Waals surface area contributed by atoms with Gasteiger partial charge < -0.3 is 44.2 Å². The molecule has 2 aliphatic carbocycles. The molecule has 6 unspecified atom stereocenters. The predicted molar refractivity (Wildman–Crippen MR) is 300 cm³/mol. The molecule has 76 heavy (non-hydrogen) atoms. The molecule has 0 saturated heterocycles. The first-order chi connectivity index (χ1) is 37.1. The van der Waals surface area contributed by atoms with Crippen molar-refractivity contribution in [3.63, 3.8) is 0 Å². The third kappa shape index (κ3) is 18.9. The van der Waals surface area contributed by atoms with Crippen LogP contribution in [-0.4, -0.2) is 89.8 Å². The lowest BCUT2D eigenvalue weighted by molar-refractivity contribution is -0.384. The Morgan fingerprint density at radius 3 is 2.04 bits per heavy atom. The van der Waals surface area contributed by atoms with Gasteiger partial charge in [0.1, 0.15) is 24.1 Å². The fraction of sp³-hybridized carbons (Fsp3) is 0.689. The highest BCUT2D eigenvalue weighted by Gasteiger charge is 2.65. The summed E-state index contributed by atoms with van der Waals surface area (Å²) in [6.07, 6.45) is 30.8. The largest absolute Gasteiger partial charge is 0.459 e. The first-order valence-electron chi connectivity index (χ1n) is 29.4. The van der Waals surface area contributed by atoms with E-state index < -0.39 is 34.9 Å². The Hall–Kier alpha value is -4.99. The first kappa shape index (κ1) is 61.9. The number of rotatable bonds is 39. The lowest BCUT2D eigenvalue weighted by Crippen LogP contribution is -2.69. The molecule has 3 aliphatic rings. The van der Waals surface area contributed by atoms with Gasteiger partial charge >= 0.3 is 12.2 Å². The van der Waals surface area contributed by atoms with Crippen molar-refractivity contribution in [1.82, 2.24) is 10.2 Å². The highest BCUT2D eigenvalue weighted by Crippen LogP contribution is 2.62. The van der Waals surface area contributed by atoms with E-state index in [-0.39, 0.29) is 62.9 Å². The molecule has 15 nitrogen and oxygen atoms in total. The fourth-order valence-electron chi connectivity index (χ4n) is 11.6. The van der Waals surface area contributed by atoms with Crippen LogP contribution in [0.3, 0.4) is 0 Å². The summed E-state index contributed by atoms with van der Waals surface area (Å²) in [5.74, 6) is -1.54. The van der Waals surface area contributed by atoms with E-state index in [1.54, 1.807) is 36.2 Å². The molecule has 5 rings (SSSR count). The maximum atomic E-state index is 14.4. The van der Waals surface area contributed by atoms with Gasteiger partial charge in [-0.3, -0.25) is 10.1 Å². The number of nitrogens with one attached hydrogen (secondary N) is 1. The summed E-state index contributed by atoms with van der Waals surface area (Å²) < 4.78 is 26.4. The zero-order valence-corrected chi connectivity index (χ0v) is 46.5. The standard InChI is InChI=1S/C61H94N4O11/c1-5-8-10-12-14-16-18-20-22-26-38-62-59(68)75-50-36-37-55-53(44-50)57-51(31-25-28-40-67)48(30-24-27-39-66)43-52-54(63-74-46-47-32-34-49(35-33-47)65(70)71)45-56(61(76-55,58(52)57)73-41-7-3)64(4)60(69)72-42-29-23-21-19-17-15-13-11-9-6-2/h7,32-37,43-44,48,51,56-58,66-67H,3,5-6,8-31,38-42,45-46H2,1-2,4H3,(H,62,68). The monoisotopic (exact) mass is 1060 g/mol. The van der Waals surface area contributed by atoms with Crippen molar-refractivity contribution in [2.24, 2.45) is 22.9 Å². The number of hydrogen-bond acceptors (Lipinski definition) is 12. The van der Waals surface area contributed by atoms with Crippen LogP contribution in [0.2, 0.25) is 0 Å². The van der Waals surface area contributed by atoms with Crippen LogP contribution in [0.1, 0.15) is 204 Å². The zero-order chi connectivity index (χ0) is 54.4. The number of nitrogens with zero attached hydrogens (tertiary/aromatic N) is 3. The third-order valence-corrected chi connectivity index (χ3v) is 15.7.